The Balaban J connectivity index is 0.00000207. The predicted octanol–water partition coefficient (Wildman–Crippen LogP) is 15.4. The van der Waals surface area contributed by atoms with Gasteiger partial charge in [0, 0.05) is 54.3 Å². The first-order valence-electron chi connectivity index (χ1n) is 23.0. The van der Waals surface area contributed by atoms with Gasteiger partial charge in [0.2, 0.25) is 0 Å². The van der Waals surface area contributed by atoms with Crippen molar-refractivity contribution in [3.8, 4) is 33.4 Å². The van der Waals surface area contributed by atoms with E-state index in [1.807, 2.05) is 13.8 Å². The highest BCUT2D eigenvalue weighted by Crippen LogP contribution is 2.69. The molecule has 0 unspecified atom stereocenters. The van der Waals surface area contributed by atoms with Gasteiger partial charge >= 0.3 is 0 Å². The summed E-state index contributed by atoms with van der Waals surface area (Å²) in [7, 11) is 0. The van der Waals surface area contributed by atoms with E-state index < -0.39 is 0 Å². The molecule has 4 aromatic carbocycles. The van der Waals surface area contributed by atoms with Crippen LogP contribution in [0.5, 0.6) is 0 Å². The topological polar surface area (TPSA) is 30.2 Å². The lowest BCUT2D eigenvalue weighted by Gasteiger charge is -2.57. The summed E-state index contributed by atoms with van der Waals surface area (Å²) in [6.45, 7) is 41.0. The molecule has 0 spiro atoms. The third-order valence-electron chi connectivity index (χ3n) is 17.7. The molecule has 4 aromatic heterocycles. The van der Waals surface area contributed by atoms with Crippen LogP contribution in [0, 0.1) is 0 Å². The Hall–Kier alpha value is -5.02. The molecule has 0 radical (unpaired) electrons. The van der Waals surface area contributed by atoms with Crippen molar-refractivity contribution in [3.05, 3.63) is 123 Å². The largest absolute Gasteiger partial charge is 0.305 e. The van der Waals surface area contributed by atoms with E-state index in [-0.39, 0.29) is 37.9 Å². The van der Waals surface area contributed by atoms with Gasteiger partial charge in [0.1, 0.15) is 0 Å². The predicted molar refractivity (Wildman–Crippen MR) is 259 cm³/mol. The van der Waals surface area contributed by atoms with Gasteiger partial charge in [-0.1, -0.05) is 178 Å². The molecule has 4 aliphatic rings. The zero-order valence-electron chi connectivity index (χ0n) is 39.8. The van der Waals surface area contributed by atoms with Crippen LogP contribution < -0.4 is 0 Å². The third kappa shape index (κ3) is 4.06. The average Bonchev–Trinajstić information content (AvgIpc) is 3.87. The summed E-state index contributed by atoms with van der Waals surface area (Å²) in [6, 6.07) is 23.5. The van der Waals surface area contributed by atoms with Crippen LogP contribution >= 0.6 is 0 Å². The molecule has 4 aliphatic carbocycles. The summed E-state index contributed by atoms with van der Waals surface area (Å²) in [6.07, 6.45) is 4.45. The molecule has 0 saturated heterocycles. The summed E-state index contributed by atoms with van der Waals surface area (Å²) in [5, 5.41) is 5.55. The molecule has 310 valence electrons. The minimum Gasteiger partial charge on any atom is -0.305 e. The van der Waals surface area contributed by atoms with Crippen LogP contribution in [0.15, 0.2) is 73.1 Å². The number of pyridine rings is 2. The van der Waals surface area contributed by atoms with Crippen molar-refractivity contribution >= 4 is 38.1 Å². The molecule has 0 amide bonds. The van der Waals surface area contributed by atoms with E-state index in [4.69, 9.17) is 9.97 Å². The fourth-order valence-electron chi connectivity index (χ4n) is 13.0. The summed E-state index contributed by atoms with van der Waals surface area (Å²) in [4.78, 5) is 11.0. The summed E-state index contributed by atoms with van der Waals surface area (Å²) >= 11 is 0. The first kappa shape index (κ1) is 38.9. The molecular formula is C58H63N3. The number of hydrogen-bond acceptors (Lipinski definition) is 2. The molecule has 3 nitrogen and oxygen atoms in total. The van der Waals surface area contributed by atoms with Gasteiger partial charge in [-0.2, -0.15) is 0 Å². The molecule has 61 heavy (non-hydrogen) atoms. The monoisotopic (exact) mass is 802 g/mol. The van der Waals surface area contributed by atoms with E-state index >= 15 is 0 Å². The fraction of sp³-hybridized carbons (Fsp3) is 0.414. The number of rotatable bonds is 0. The number of benzene rings is 4. The smallest absolute Gasteiger partial charge is 0.0732 e. The molecule has 0 aliphatic heterocycles. The molecule has 0 bridgehead atoms. The normalized spacial score (nSPS) is 19.7. The molecule has 8 aromatic rings. The van der Waals surface area contributed by atoms with Crippen LogP contribution in [-0.2, 0) is 37.9 Å². The lowest BCUT2D eigenvalue weighted by Crippen LogP contribution is -2.50. The number of fused-ring (bicyclic) bond motifs is 16. The standard InChI is InChI=1S/C56H57N3.C2H6/c1-50(2,3)28-24-33-39-34(25-28)54(10,11)56(14,15)46-42(39)45(55(12,13)53(33,8)9)43-40-35(26-57-48-37(40)29-20-16-18-22-31(29)51(48,4)5)59-36-27-58-49-38(41(36)44(46)47(43)59)30-21-17-19-23-32(30)52(49,6)7;1-2/h16-27H,1-15H3;1-2H3. The van der Waals surface area contributed by atoms with E-state index in [0.717, 1.165) is 0 Å². The second kappa shape index (κ2) is 11.1. The molecule has 0 N–H and O–H groups in total. The van der Waals surface area contributed by atoms with Crippen LogP contribution in [-0.4, -0.2) is 14.4 Å². The van der Waals surface area contributed by atoms with Crippen LogP contribution in [0.25, 0.3) is 71.5 Å². The van der Waals surface area contributed by atoms with Gasteiger partial charge in [-0.15, -0.1) is 0 Å². The van der Waals surface area contributed by atoms with Gasteiger partial charge in [0.25, 0.3) is 0 Å². The lowest BCUT2D eigenvalue weighted by molar-refractivity contribution is 0.278. The highest BCUT2D eigenvalue weighted by Gasteiger charge is 2.57. The van der Waals surface area contributed by atoms with Crippen molar-refractivity contribution in [2.75, 3.05) is 0 Å². The zero-order chi connectivity index (χ0) is 43.7. The Morgan fingerprint density at radius 1 is 0.459 bits per heavy atom. The average molecular weight is 802 g/mol. The third-order valence-corrected chi connectivity index (χ3v) is 17.7. The minimum absolute atomic E-state index is 0.0123. The van der Waals surface area contributed by atoms with E-state index in [1.54, 1.807) is 0 Å². The second-order valence-electron chi connectivity index (χ2n) is 23.1. The van der Waals surface area contributed by atoms with Crippen LogP contribution in [0.2, 0.25) is 0 Å². The highest BCUT2D eigenvalue weighted by atomic mass is 15.0. The summed E-state index contributed by atoms with van der Waals surface area (Å²) in [5.41, 5.74) is 23.3. The summed E-state index contributed by atoms with van der Waals surface area (Å²) < 4.78 is 2.62. The maximum Gasteiger partial charge on any atom is 0.0732 e. The molecule has 0 fully saturated rings. The van der Waals surface area contributed by atoms with E-state index in [0.29, 0.717) is 0 Å². The van der Waals surface area contributed by atoms with Gasteiger partial charge < -0.3 is 4.40 Å². The molecule has 0 atom stereocenters. The van der Waals surface area contributed by atoms with Gasteiger partial charge in [0.05, 0.1) is 40.3 Å². The molecule has 4 heterocycles. The first-order chi connectivity index (χ1) is 28.5. The molecule has 12 rings (SSSR count). The SMILES string of the molecule is CC.CC(C)(C)c1cc2c3c(c1)C(C)(C)C(C)(C)c1c-3c(c3c4c5c(ncc4n4c6cnc7c(c6c1c34)-c1ccccc1C7(C)C)C(C)(C)c1ccccc1-5)C(C)(C)C2(C)C. The first-order valence-corrected chi connectivity index (χ1v) is 23.0. The van der Waals surface area contributed by atoms with Crippen molar-refractivity contribution in [1.82, 2.24) is 14.4 Å². The van der Waals surface area contributed by atoms with E-state index in [1.165, 1.54) is 122 Å². The Bertz CT molecular complexity index is 3090. The van der Waals surface area contributed by atoms with E-state index in [9.17, 15) is 0 Å². The zero-order valence-corrected chi connectivity index (χ0v) is 39.8. The van der Waals surface area contributed by atoms with Crippen molar-refractivity contribution in [2.45, 2.75) is 156 Å². The Kier molecular flexibility index (Phi) is 7.09. The molecule has 3 heteroatoms. The van der Waals surface area contributed by atoms with Crippen LogP contribution in [0.3, 0.4) is 0 Å². The quantitative estimate of drug-likeness (QED) is 0.153. The number of nitrogens with zero attached hydrogens (tertiary/aromatic N) is 3. The van der Waals surface area contributed by atoms with Gasteiger partial charge in [-0.05, 0) is 77.4 Å². The highest BCUT2D eigenvalue weighted by molar-refractivity contribution is 6.32. The Labute approximate surface area is 363 Å². The number of aromatic nitrogens is 3. The van der Waals surface area contributed by atoms with E-state index in [2.05, 4.69) is 181 Å². The lowest BCUT2D eigenvalue weighted by atomic mass is 9.46. The Morgan fingerprint density at radius 2 is 0.852 bits per heavy atom. The second-order valence-corrected chi connectivity index (χ2v) is 23.1. The van der Waals surface area contributed by atoms with Crippen molar-refractivity contribution in [1.29, 1.82) is 0 Å². The van der Waals surface area contributed by atoms with Crippen LogP contribution in [0.1, 0.15) is 168 Å². The van der Waals surface area contributed by atoms with Crippen molar-refractivity contribution in [3.63, 3.8) is 0 Å². The van der Waals surface area contributed by atoms with Crippen molar-refractivity contribution in [2.24, 2.45) is 0 Å². The Morgan fingerprint density at radius 3 is 1.25 bits per heavy atom. The summed E-state index contributed by atoms with van der Waals surface area (Å²) in [5.74, 6) is 0. The van der Waals surface area contributed by atoms with Gasteiger partial charge in [0.15, 0.2) is 0 Å². The molecular weight excluding hydrogens is 739 g/mol. The van der Waals surface area contributed by atoms with Crippen molar-refractivity contribution < 1.29 is 0 Å². The van der Waals surface area contributed by atoms with Gasteiger partial charge in [-0.25, -0.2) is 0 Å². The fourth-order valence-corrected chi connectivity index (χ4v) is 13.0. The van der Waals surface area contributed by atoms with Crippen LogP contribution in [0.4, 0.5) is 0 Å². The molecule has 0 saturated carbocycles. The maximum atomic E-state index is 5.50. The minimum atomic E-state index is -0.236. The van der Waals surface area contributed by atoms with Gasteiger partial charge in [-0.3, -0.25) is 9.97 Å². The number of hydrogen-bond donors (Lipinski definition) is 0. The maximum absolute atomic E-state index is 5.50.